The van der Waals surface area contributed by atoms with E-state index in [1.807, 2.05) is 29.2 Å². The van der Waals surface area contributed by atoms with E-state index in [9.17, 15) is 4.79 Å². The lowest BCUT2D eigenvalue weighted by Crippen LogP contribution is -2.52. The molecule has 18 heavy (non-hydrogen) atoms. The molecule has 0 radical (unpaired) electrons. The number of halogens is 2. The van der Waals surface area contributed by atoms with Crippen molar-refractivity contribution in [1.82, 2.24) is 10.2 Å². The molecule has 1 aliphatic rings. The van der Waals surface area contributed by atoms with Crippen molar-refractivity contribution in [3.8, 4) is 0 Å². The van der Waals surface area contributed by atoms with Crippen LogP contribution in [0.15, 0.2) is 24.3 Å². The van der Waals surface area contributed by atoms with Crippen LogP contribution in [-0.2, 0) is 11.2 Å². The van der Waals surface area contributed by atoms with Crippen LogP contribution >= 0.6 is 24.0 Å². The molecule has 1 aromatic carbocycles. The summed E-state index contributed by atoms with van der Waals surface area (Å²) in [5.41, 5.74) is 0.980. The van der Waals surface area contributed by atoms with E-state index in [0.29, 0.717) is 11.4 Å². The second-order valence-electron chi connectivity index (χ2n) is 4.45. The van der Waals surface area contributed by atoms with Crippen molar-refractivity contribution in [1.29, 1.82) is 0 Å². The molecule has 2 rings (SSSR count). The molecule has 1 heterocycles. The van der Waals surface area contributed by atoms with Gasteiger partial charge in [-0.3, -0.25) is 4.79 Å². The molecule has 5 heteroatoms. The number of amides is 1. The van der Waals surface area contributed by atoms with Gasteiger partial charge in [-0.15, -0.1) is 12.4 Å². The third-order valence-electron chi connectivity index (χ3n) is 3.07. The molecule has 0 saturated carbocycles. The van der Waals surface area contributed by atoms with E-state index >= 15 is 0 Å². The molecule has 1 amide bonds. The highest BCUT2D eigenvalue weighted by Crippen LogP contribution is 2.13. The summed E-state index contributed by atoms with van der Waals surface area (Å²) < 4.78 is 0. The molecule has 1 atom stereocenters. The van der Waals surface area contributed by atoms with Crippen LogP contribution < -0.4 is 5.32 Å². The van der Waals surface area contributed by atoms with Gasteiger partial charge in [-0.25, -0.2) is 0 Å². The second-order valence-corrected chi connectivity index (χ2v) is 4.88. The van der Waals surface area contributed by atoms with Crippen LogP contribution in [-0.4, -0.2) is 36.5 Å². The van der Waals surface area contributed by atoms with Gasteiger partial charge in [0, 0.05) is 30.7 Å². The quantitative estimate of drug-likeness (QED) is 0.904. The molecular formula is C13H18Cl2N2O. The Morgan fingerprint density at radius 3 is 3.00 bits per heavy atom. The second kappa shape index (κ2) is 6.98. The third kappa shape index (κ3) is 3.87. The van der Waals surface area contributed by atoms with Crippen molar-refractivity contribution in [2.24, 2.45) is 0 Å². The molecule has 0 aliphatic carbocycles. The van der Waals surface area contributed by atoms with E-state index < -0.39 is 0 Å². The van der Waals surface area contributed by atoms with Gasteiger partial charge in [-0.2, -0.15) is 0 Å². The standard InChI is InChI=1S/C13H17ClN2O.ClH/c1-10-9-15-5-6-16(10)13(17)8-11-3-2-4-12(14)7-11;/h2-4,7,10,15H,5-6,8-9H2,1H3;1H. The maximum atomic E-state index is 12.1. The number of carbonyl (C=O) groups is 1. The van der Waals surface area contributed by atoms with Crippen LogP contribution in [0.4, 0.5) is 0 Å². The molecule has 0 spiro atoms. The van der Waals surface area contributed by atoms with Crippen molar-refractivity contribution < 1.29 is 4.79 Å². The average Bonchev–Trinajstić information content (AvgIpc) is 2.29. The Balaban J connectivity index is 0.00000162. The van der Waals surface area contributed by atoms with Gasteiger partial charge in [-0.1, -0.05) is 23.7 Å². The number of piperazine rings is 1. The molecule has 0 aromatic heterocycles. The lowest BCUT2D eigenvalue weighted by molar-refractivity contribution is -0.133. The Morgan fingerprint density at radius 2 is 2.33 bits per heavy atom. The largest absolute Gasteiger partial charge is 0.337 e. The maximum absolute atomic E-state index is 12.1. The predicted octanol–water partition coefficient (Wildman–Crippen LogP) is 2.12. The summed E-state index contributed by atoms with van der Waals surface area (Å²) in [5, 5.41) is 3.96. The highest BCUT2D eigenvalue weighted by Gasteiger charge is 2.22. The van der Waals surface area contributed by atoms with Crippen molar-refractivity contribution in [3.63, 3.8) is 0 Å². The zero-order chi connectivity index (χ0) is 12.3. The minimum absolute atomic E-state index is 0. The molecule has 1 saturated heterocycles. The summed E-state index contributed by atoms with van der Waals surface area (Å²) in [7, 11) is 0. The van der Waals surface area contributed by atoms with Gasteiger partial charge in [-0.05, 0) is 24.6 Å². The number of nitrogens with one attached hydrogen (secondary N) is 1. The van der Waals surface area contributed by atoms with Crippen LogP contribution in [0.5, 0.6) is 0 Å². The lowest BCUT2D eigenvalue weighted by Gasteiger charge is -2.34. The normalized spacial score (nSPS) is 19.2. The van der Waals surface area contributed by atoms with Gasteiger partial charge < -0.3 is 10.2 Å². The van der Waals surface area contributed by atoms with E-state index in [1.54, 1.807) is 0 Å². The predicted molar refractivity (Wildman–Crippen MR) is 76.4 cm³/mol. The molecule has 3 nitrogen and oxygen atoms in total. The van der Waals surface area contributed by atoms with Gasteiger partial charge in [0.05, 0.1) is 6.42 Å². The maximum Gasteiger partial charge on any atom is 0.227 e. The number of nitrogens with zero attached hydrogens (tertiary/aromatic N) is 1. The molecule has 1 fully saturated rings. The summed E-state index contributed by atoms with van der Waals surface area (Å²) in [6, 6.07) is 7.77. The number of hydrogen-bond donors (Lipinski definition) is 1. The fourth-order valence-electron chi connectivity index (χ4n) is 2.13. The number of hydrogen-bond acceptors (Lipinski definition) is 2. The fraction of sp³-hybridized carbons (Fsp3) is 0.462. The fourth-order valence-corrected chi connectivity index (χ4v) is 2.35. The first-order valence-electron chi connectivity index (χ1n) is 5.91. The first-order chi connectivity index (χ1) is 8.16. The first kappa shape index (κ1) is 15.3. The van der Waals surface area contributed by atoms with E-state index in [1.165, 1.54) is 0 Å². The molecule has 1 unspecified atom stereocenters. The van der Waals surface area contributed by atoms with Gasteiger partial charge in [0.15, 0.2) is 0 Å². The van der Waals surface area contributed by atoms with E-state index in [0.717, 1.165) is 25.2 Å². The van der Waals surface area contributed by atoms with Crippen molar-refractivity contribution in [2.45, 2.75) is 19.4 Å². The molecule has 1 aromatic rings. The van der Waals surface area contributed by atoms with Crippen LogP contribution in [0.25, 0.3) is 0 Å². The smallest absolute Gasteiger partial charge is 0.227 e. The zero-order valence-electron chi connectivity index (χ0n) is 10.4. The Bertz CT molecular complexity index is 412. The van der Waals surface area contributed by atoms with Crippen molar-refractivity contribution in [3.05, 3.63) is 34.9 Å². The van der Waals surface area contributed by atoms with Gasteiger partial charge >= 0.3 is 0 Å². The first-order valence-corrected chi connectivity index (χ1v) is 6.29. The minimum atomic E-state index is 0. The van der Waals surface area contributed by atoms with Gasteiger partial charge in [0.2, 0.25) is 5.91 Å². The van der Waals surface area contributed by atoms with E-state index in [2.05, 4.69) is 12.2 Å². The van der Waals surface area contributed by atoms with Crippen LogP contribution in [0.2, 0.25) is 5.02 Å². The Kier molecular flexibility index (Phi) is 5.93. The molecule has 100 valence electrons. The summed E-state index contributed by atoms with van der Waals surface area (Å²) in [6.45, 7) is 4.62. The number of carbonyl (C=O) groups excluding carboxylic acids is 1. The third-order valence-corrected chi connectivity index (χ3v) is 3.30. The summed E-state index contributed by atoms with van der Waals surface area (Å²) in [5.74, 6) is 0.182. The highest BCUT2D eigenvalue weighted by molar-refractivity contribution is 6.30. The SMILES string of the molecule is CC1CNCCN1C(=O)Cc1cccc(Cl)c1.Cl. The minimum Gasteiger partial charge on any atom is -0.337 e. The van der Waals surface area contributed by atoms with Crippen molar-refractivity contribution in [2.75, 3.05) is 19.6 Å². The van der Waals surface area contributed by atoms with Gasteiger partial charge in [0.1, 0.15) is 0 Å². The topological polar surface area (TPSA) is 32.3 Å². The number of rotatable bonds is 2. The Labute approximate surface area is 119 Å². The monoisotopic (exact) mass is 288 g/mol. The Morgan fingerprint density at radius 1 is 1.56 bits per heavy atom. The molecule has 1 N–H and O–H groups in total. The Hall–Kier alpha value is -0.770. The molecule has 0 bridgehead atoms. The summed E-state index contributed by atoms with van der Waals surface area (Å²) in [4.78, 5) is 14.1. The molecule has 1 aliphatic heterocycles. The highest BCUT2D eigenvalue weighted by atomic mass is 35.5. The zero-order valence-corrected chi connectivity index (χ0v) is 11.9. The van der Waals surface area contributed by atoms with E-state index in [-0.39, 0.29) is 24.4 Å². The van der Waals surface area contributed by atoms with Crippen molar-refractivity contribution >= 4 is 29.9 Å². The summed E-state index contributed by atoms with van der Waals surface area (Å²) >= 11 is 5.91. The number of benzene rings is 1. The summed E-state index contributed by atoms with van der Waals surface area (Å²) in [6.07, 6.45) is 0.435. The average molecular weight is 289 g/mol. The lowest BCUT2D eigenvalue weighted by atomic mass is 10.1. The van der Waals surface area contributed by atoms with Crippen LogP contribution in [0.1, 0.15) is 12.5 Å². The van der Waals surface area contributed by atoms with Crippen LogP contribution in [0.3, 0.4) is 0 Å². The van der Waals surface area contributed by atoms with E-state index in [4.69, 9.17) is 11.6 Å². The van der Waals surface area contributed by atoms with Crippen LogP contribution in [0, 0.1) is 0 Å². The molecular weight excluding hydrogens is 271 g/mol. The van der Waals surface area contributed by atoms with Gasteiger partial charge in [0.25, 0.3) is 0 Å².